The van der Waals surface area contributed by atoms with E-state index in [0.29, 0.717) is 27.7 Å². The van der Waals surface area contributed by atoms with Crippen LogP contribution in [0.2, 0.25) is 0 Å². The van der Waals surface area contributed by atoms with Gasteiger partial charge < -0.3 is 0 Å². The highest BCUT2D eigenvalue weighted by Gasteiger charge is 2.42. The molecular weight excluding hydrogens is 348 g/mol. The minimum absolute atomic E-state index is 0.128. The number of nitrogens with one attached hydrogen (secondary N) is 1. The Kier molecular flexibility index (Phi) is 4.08. The van der Waals surface area contributed by atoms with Crippen molar-refractivity contribution in [2.45, 2.75) is 18.2 Å². The molecule has 1 aromatic heterocycles. The monoisotopic (exact) mass is 365 g/mol. The van der Waals surface area contributed by atoms with Gasteiger partial charge in [0.2, 0.25) is 5.16 Å². The molecule has 3 aromatic rings. The van der Waals surface area contributed by atoms with Gasteiger partial charge in [-0.05, 0) is 30.5 Å². The van der Waals surface area contributed by atoms with Crippen molar-refractivity contribution in [3.63, 3.8) is 0 Å². The van der Waals surface area contributed by atoms with Crippen LogP contribution < -0.4 is 15.1 Å². The summed E-state index contributed by atoms with van der Waals surface area (Å²) >= 11 is 1.35. The van der Waals surface area contributed by atoms with Crippen LogP contribution in [-0.4, -0.2) is 22.2 Å². The highest BCUT2D eigenvalue weighted by Crippen LogP contribution is 2.35. The molecule has 0 radical (unpaired) electrons. The second kappa shape index (κ2) is 6.42. The molecule has 0 fully saturated rings. The molecular formula is C19H17N4O2S+. The summed E-state index contributed by atoms with van der Waals surface area (Å²) in [6.07, 6.45) is 1.42. The van der Waals surface area contributed by atoms with Crippen molar-refractivity contribution in [1.29, 1.82) is 0 Å². The lowest BCUT2D eigenvalue weighted by Gasteiger charge is -2.30. The molecule has 1 atom stereocenters. The van der Waals surface area contributed by atoms with Gasteiger partial charge in [-0.1, -0.05) is 46.8 Å². The summed E-state index contributed by atoms with van der Waals surface area (Å²) in [4.78, 5) is 30.4. The number of fused-ring (bicyclic) bond motifs is 3. The molecule has 0 spiro atoms. The largest absolute Gasteiger partial charge is 0.325 e. The average Bonchev–Trinajstić information content (AvgIpc) is 2.68. The van der Waals surface area contributed by atoms with Crippen LogP contribution in [0.4, 0.5) is 5.69 Å². The van der Waals surface area contributed by atoms with Crippen LogP contribution in [0.25, 0.3) is 11.3 Å². The quantitative estimate of drug-likeness (QED) is 0.560. The summed E-state index contributed by atoms with van der Waals surface area (Å²) in [5, 5.41) is 5.04. The SMILES string of the molecule is CSc1n[n+]2c(c(=O)[nH]1)-c1ccccc1N(C(=O)c1ccccc1)C2C. The summed E-state index contributed by atoms with van der Waals surface area (Å²) in [5.74, 6) is -0.128. The second-order valence-electron chi connectivity index (χ2n) is 5.95. The molecule has 4 rings (SSSR count). The van der Waals surface area contributed by atoms with Crippen molar-refractivity contribution in [3.05, 3.63) is 70.5 Å². The molecule has 0 aliphatic carbocycles. The van der Waals surface area contributed by atoms with Crippen LogP contribution in [0.5, 0.6) is 0 Å². The maximum atomic E-state index is 13.2. The molecule has 2 aromatic carbocycles. The van der Waals surface area contributed by atoms with Crippen LogP contribution >= 0.6 is 11.8 Å². The van der Waals surface area contributed by atoms with Crippen molar-refractivity contribution >= 4 is 23.4 Å². The number of benzene rings is 2. The number of aromatic amines is 1. The number of amides is 1. The Morgan fingerprint density at radius 1 is 1.15 bits per heavy atom. The van der Waals surface area contributed by atoms with Crippen LogP contribution in [0, 0.1) is 0 Å². The van der Waals surface area contributed by atoms with E-state index in [4.69, 9.17) is 0 Å². The Morgan fingerprint density at radius 3 is 2.58 bits per heavy atom. The number of carbonyl (C=O) groups excluding carboxylic acids is 1. The van der Waals surface area contributed by atoms with Crippen molar-refractivity contribution in [3.8, 4) is 11.3 Å². The van der Waals surface area contributed by atoms with Gasteiger partial charge in [0.05, 0.1) is 11.3 Å². The fourth-order valence-electron chi connectivity index (χ4n) is 3.23. The van der Waals surface area contributed by atoms with E-state index in [-0.39, 0.29) is 11.5 Å². The molecule has 1 aliphatic heterocycles. The van der Waals surface area contributed by atoms with E-state index in [9.17, 15) is 9.59 Å². The van der Waals surface area contributed by atoms with E-state index < -0.39 is 6.17 Å². The van der Waals surface area contributed by atoms with Crippen LogP contribution in [0.1, 0.15) is 23.4 Å². The number of rotatable bonds is 2. The zero-order chi connectivity index (χ0) is 18.3. The highest BCUT2D eigenvalue weighted by molar-refractivity contribution is 7.98. The number of nitrogens with zero attached hydrogens (tertiary/aromatic N) is 3. The molecule has 6 nitrogen and oxygen atoms in total. The van der Waals surface area contributed by atoms with Crippen LogP contribution in [-0.2, 0) is 0 Å². The van der Waals surface area contributed by atoms with Gasteiger partial charge in [0, 0.05) is 17.6 Å². The van der Waals surface area contributed by atoms with E-state index in [1.54, 1.807) is 21.7 Å². The van der Waals surface area contributed by atoms with Crippen molar-refractivity contribution < 1.29 is 9.48 Å². The van der Waals surface area contributed by atoms with Gasteiger partial charge in [-0.25, -0.2) is 4.90 Å². The van der Waals surface area contributed by atoms with Crippen LogP contribution in [0.3, 0.4) is 0 Å². The first-order valence-corrected chi connectivity index (χ1v) is 9.42. The van der Waals surface area contributed by atoms with Gasteiger partial charge in [0.15, 0.2) is 0 Å². The third-order valence-corrected chi connectivity index (χ3v) is 5.01. The smallest absolute Gasteiger partial charge is 0.291 e. The number of hydrogen-bond acceptors (Lipinski definition) is 4. The van der Waals surface area contributed by atoms with Gasteiger partial charge in [-0.15, -0.1) is 0 Å². The number of thioether (sulfide) groups is 1. The molecule has 1 N–H and O–H groups in total. The molecule has 1 aliphatic rings. The van der Waals surface area contributed by atoms with Gasteiger partial charge in [-0.2, -0.15) is 0 Å². The predicted molar refractivity (Wildman–Crippen MR) is 100 cm³/mol. The standard InChI is InChI=1S/C19H16N4O2S/c1-12-22(18(25)13-8-4-3-5-9-13)15-11-7-6-10-14(15)16-17(24)20-19(26-2)21-23(12)16/h3-12H,1-2H3/p+1. The maximum absolute atomic E-state index is 13.2. The average molecular weight is 365 g/mol. The number of H-pyrrole nitrogens is 1. The summed E-state index contributed by atoms with van der Waals surface area (Å²) in [7, 11) is 0. The molecule has 0 saturated carbocycles. The minimum atomic E-state index is -0.430. The zero-order valence-corrected chi connectivity index (χ0v) is 15.2. The number of carbonyl (C=O) groups is 1. The molecule has 1 unspecified atom stereocenters. The maximum Gasteiger partial charge on any atom is 0.325 e. The predicted octanol–water partition coefficient (Wildman–Crippen LogP) is 2.63. The van der Waals surface area contributed by atoms with E-state index in [2.05, 4.69) is 10.1 Å². The Morgan fingerprint density at radius 2 is 1.85 bits per heavy atom. The number of aromatic nitrogens is 3. The molecule has 2 heterocycles. The lowest BCUT2D eigenvalue weighted by molar-refractivity contribution is -0.768. The lowest BCUT2D eigenvalue weighted by atomic mass is 10.0. The first-order chi connectivity index (χ1) is 12.6. The van der Waals surface area contributed by atoms with E-state index in [1.165, 1.54) is 11.8 Å². The fourth-order valence-corrected chi connectivity index (χ4v) is 3.60. The Balaban J connectivity index is 1.95. The molecule has 0 saturated heterocycles. The Hall–Kier alpha value is -2.93. The van der Waals surface area contributed by atoms with E-state index in [0.717, 1.165) is 0 Å². The number of hydrogen-bond donors (Lipinski definition) is 1. The van der Waals surface area contributed by atoms with Gasteiger partial charge in [0.25, 0.3) is 12.1 Å². The van der Waals surface area contributed by atoms with Gasteiger partial charge in [0.1, 0.15) is 0 Å². The minimum Gasteiger partial charge on any atom is -0.291 e. The second-order valence-corrected chi connectivity index (χ2v) is 6.74. The fraction of sp³-hybridized carbons (Fsp3) is 0.158. The third-order valence-electron chi connectivity index (χ3n) is 4.44. The first-order valence-electron chi connectivity index (χ1n) is 8.20. The number of anilines is 1. The van der Waals surface area contributed by atoms with E-state index >= 15 is 0 Å². The lowest BCUT2D eigenvalue weighted by Crippen LogP contribution is -2.59. The Labute approximate surface area is 154 Å². The Bertz CT molecular complexity index is 1050. The summed E-state index contributed by atoms with van der Waals surface area (Å²) in [5.41, 5.74) is 2.24. The summed E-state index contributed by atoms with van der Waals surface area (Å²) < 4.78 is 1.63. The van der Waals surface area contributed by atoms with E-state index in [1.807, 2.05) is 55.6 Å². The van der Waals surface area contributed by atoms with Gasteiger partial charge in [-0.3, -0.25) is 14.6 Å². The number of para-hydroxylation sites is 1. The van der Waals surface area contributed by atoms with Crippen molar-refractivity contribution in [2.24, 2.45) is 0 Å². The molecule has 26 heavy (non-hydrogen) atoms. The molecule has 0 bridgehead atoms. The summed E-state index contributed by atoms with van der Waals surface area (Å²) in [6, 6.07) is 16.5. The normalized spacial score (nSPS) is 15.3. The molecule has 1 amide bonds. The van der Waals surface area contributed by atoms with Crippen LogP contribution in [0.15, 0.2) is 64.5 Å². The topological polar surface area (TPSA) is 69.9 Å². The summed E-state index contributed by atoms with van der Waals surface area (Å²) in [6.45, 7) is 1.87. The van der Waals surface area contributed by atoms with Crippen molar-refractivity contribution in [1.82, 2.24) is 10.1 Å². The third kappa shape index (κ3) is 2.52. The van der Waals surface area contributed by atoms with Crippen molar-refractivity contribution in [2.75, 3.05) is 11.2 Å². The first kappa shape index (κ1) is 16.5. The molecule has 7 heteroatoms. The van der Waals surface area contributed by atoms with Gasteiger partial charge >= 0.3 is 11.3 Å². The zero-order valence-electron chi connectivity index (χ0n) is 14.3. The highest BCUT2D eigenvalue weighted by atomic mass is 32.2. The molecule has 130 valence electrons.